The van der Waals surface area contributed by atoms with E-state index in [9.17, 15) is 0 Å². The first kappa shape index (κ1) is 14.2. The van der Waals surface area contributed by atoms with Crippen molar-refractivity contribution in [2.24, 2.45) is 5.92 Å². The first-order valence-electron chi connectivity index (χ1n) is 8.14. The fourth-order valence-corrected chi connectivity index (χ4v) is 3.44. The highest BCUT2D eigenvalue weighted by atomic mass is 15.2. The number of benzene rings is 1. The van der Waals surface area contributed by atoms with Gasteiger partial charge in [-0.25, -0.2) is 0 Å². The molecule has 0 radical (unpaired) electrons. The summed E-state index contributed by atoms with van der Waals surface area (Å²) in [7, 11) is 0. The summed E-state index contributed by atoms with van der Waals surface area (Å²) < 4.78 is 0. The molecule has 0 saturated heterocycles. The standard InChI is InChI=1S/C18H25N3/c1-13-7-10-15(11-8-13)17-16(20-21-18(17)19)12-9-14-5-3-2-4-6-14/h7-8,10-11,14H,2-6,9,12H2,1H3,(H3,19,20,21). The number of aromatic amines is 1. The summed E-state index contributed by atoms with van der Waals surface area (Å²) in [6.07, 6.45) is 9.31. The van der Waals surface area contributed by atoms with E-state index in [0.29, 0.717) is 5.82 Å². The maximum absolute atomic E-state index is 6.08. The Kier molecular flexibility index (Phi) is 4.28. The predicted molar refractivity (Wildman–Crippen MR) is 88.1 cm³/mol. The van der Waals surface area contributed by atoms with Gasteiger partial charge in [0.1, 0.15) is 0 Å². The van der Waals surface area contributed by atoms with Crippen LogP contribution >= 0.6 is 0 Å². The second kappa shape index (κ2) is 6.33. The van der Waals surface area contributed by atoms with Crippen molar-refractivity contribution in [3.8, 4) is 11.1 Å². The van der Waals surface area contributed by atoms with Gasteiger partial charge in [-0.3, -0.25) is 5.10 Å². The average Bonchev–Trinajstić information content (AvgIpc) is 2.88. The van der Waals surface area contributed by atoms with Crippen molar-refractivity contribution in [1.82, 2.24) is 10.2 Å². The molecular formula is C18H25N3. The van der Waals surface area contributed by atoms with Gasteiger partial charge in [-0.2, -0.15) is 5.10 Å². The van der Waals surface area contributed by atoms with Crippen molar-refractivity contribution < 1.29 is 0 Å². The number of anilines is 1. The van der Waals surface area contributed by atoms with Crippen molar-refractivity contribution >= 4 is 5.82 Å². The highest BCUT2D eigenvalue weighted by Crippen LogP contribution is 2.32. The SMILES string of the molecule is Cc1ccc(-c2c(N)n[nH]c2CCC2CCCCC2)cc1. The molecular weight excluding hydrogens is 258 g/mol. The van der Waals surface area contributed by atoms with Crippen LogP contribution in [0.1, 0.15) is 49.8 Å². The van der Waals surface area contributed by atoms with Crippen LogP contribution in [0.5, 0.6) is 0 Å². The monoisotopic (exact) mass is 283 g/mol. The van der Waals surface area contributed by atoms with Crippen molar-refractivity contribution in [1.29, 1.82) is 0 Å². The number of nitrogens with zero attached hydrogens (tertiary/aromatic N) is 1. The molecule has 3 N–H and O–H groups in total. The van der Waals surface area contributed by atoms with Crippen LogP contribution in [-0.2, 0) is 6.42 Å². The minimum atomic E-state index is 0.623. The van der Waals surface area contributed by atoms with Crippen LogP contribution < -0.4 is 5.73 Å². The van der Waals surface area contributed by atoms with Crippen molar-refractivity contribution in [2.45, 2.75) is 51.9 Å². The van der Waals surface area contributed by atoms with E-state index < -0.39 is 0 Å². The zero-order valence-electron chi connectivity index (χ0n) is 12.9. The second-order valence-electron chi connectivity index (χ2n) is 6.37. The van der Waals surface area contributed by atoms with E-state index in [2.05, 4.69) is 41.4 Å². The Morgan fingerprint density at radius 1 is 1.14 bits per heavy atom. The molecule has 1 aromatic heterocycles. The molecule has 112 valence electrons. The average molecular weight is 283 g/mol. The van der Waals surface area contributed by atoms with Crippen LogP contribution in [0.15, 0.2) is 24.3 Å². The fraction of sp³-hybridized carbons (Fsp3) is 0.500. The van der Waals surface area contributed by atoms with E-state index in [-0.39, 0.29) is 0 Å². The van der Waals surface area contributed by atoms with Gasteiger partial charge in [0.15, 0.2) is 5.82 Å². The van der Waals surface area contributed by atoms with E-state index in [1.54, 1.807) is 0 Å². The molecule has 1 saturated carbocycles. The summed E-state index contributed by atoms with van der Waals surface area (Å²) in [5, 5.41) is 7.38. The van der Waals surface area contributed by atoms with E-state index in [1.165, 1.54) is 55.3 Å². The minimum absolute atomic E-state index is 0.623. The Hall–Kier alpha value is -1.77. The lowest BCUT2D eigenvalue weighted by atomic mass is 9.85. The number of nitrogen functional groups attached to an aromatic ring is 1. The first-order valence-corrected chi connectivity index (χ1v) is 8.14. The largest absolute Gasteiger partial charge is 0.382 e. The Morgan fingerprint density at radius 2 is 1.86 bits per heavy atom. The summed E-state index contributed by atoms with van der Waals surface area (Å²) in [6, 6.07) is 8.54. The minimum Gasteiger partial charge on any atom is -0.382 e. The Morgan fingerprint density at radius 3 is 2.57 bits per heavy atom. The van der Waals surface area contributed by atoms with Crippen LogP contribution in [0.3, 0.4) is 0 Å². The molecule has 3 rings (SSSR count). The molecule has 1 aliphatic carbocycles. The maximum atomic E-state index is 6.08. The van der Waals surface area contributed by atoms with E-state index in [0.717, 1.165) is 17.9 Å². The summed E-state index contributed by atoms with van der Waals surface area (Å²) >= 11 is 0. The quantitative estimate of drug-likeness (QED) is 0.869. The van der Waals surface area contributed by atoms with E-state index >= 15 is 0 Å². The summed E-state index contributed by atoms with van der Waals surface area (Å²) in [6.45, 7) is 2.10. The molecule has 21 heavy (non-hydrogen) atoms. The first-order chi connectivity index (χ1) is 10.2. The highest BCUT2D eigenvalue weighted by molar-refractivity contribution is 5.76. The third-order valence-corrected chi connectivity index (χ3v) is 4.74. The van der Waals surface area contributed by atoms with Crippen LogP contribution in [0.4, 0.5) is 5.82 Å². The number of nitrogens with two attached hydrogens (primary N) is 1. The van der Waals surface area contributed by atoms with Gasteiger partial charge in [0.2, 0.25) is 0 Å². The van der Waals surface area contributed by atoms with Gasteiger partial charge in [-0.1, -0.05) is 61.9 Å². The van der Waals surface area contributed by atoms with Gasteiger partial charge in [0.05, 0.1) is 0 Å². The number of nitrogens with one attached hydrogen (secondary N) is 1. The van der Waals surface area contributed by atoms with Gasteiger partial charge in [0, 0.05) is 11.3 Å². The number of aryl methyl sites for hydroxylation is 2. The number of aromatic nitrogens is 2. The van der Waals surface area contributed by atoms with Gasteiger partial charge in [-0.05, 0) is 31.2 Å². The number of H-pyrrole nitrogens is 1. The Balaban J connectivity index is 1.75. The summed E-state index contributed by atoms with van der Waals surface area (Å²) in [5.74, 6) is 1.51. The number of hydrogen-bond donors (Lipinski definition) is 2. The molecule has 0 spiro atoms. The van der Waals surface area contributed by atoms with Crippen molar-refractivity contribution in [3.63, 3.8) is 0 Å². The third-order valence-electron chi connectivity index (χ3n) is 4.74. The van der Waals surface area contributed by atoms with Gasteiger partial charge in [-0.15, -0.1) is 0 Å². The lowest BCUT2D eigenvalue weighted by Gasteiger charge is -2.21. The molecule has 1 aromatic carbocycles. The fourth-order valence-electron chi connectivity index (χ4n) is 3.44. The molecule has 3 nitrogen and oxygen atoms in total. The normalized spacial score (nSPS) is 16.2. The number of rotatable bonds is 4. The predicted octanol–water partition coefficient (Wildman–Crippen LogP) is 4.48. The zero-order chi connectivity index (χ0) is 14.7. The van der Waals surface area contributed by atoms with Gasteiger partial charge < -0.3 is 5.73 Å². The molecule has 1 fully saturated rings. The van der Waals surface area contributed by atoms with Crippen LogP contribution in [0.25, 0.3) is 11.1 Å². The van der Waals surface area contributed by atoms with Crippen LogP contribution in [0.2, 0.25) is 0 Å². The maximum Gasteiger partial charge on any atom is 0.153 e. The molecule has 0 unspecified atom stereocenters. The molecule has 0 aliphatic heterocycles. The van der Waals surface area contributed by atoms with Gasteiger partial charge >= 0.3 is 0 Å². The lowest BCUT2D eigenvalue weighted by molar-refractivity contribution is 0.338. The zero-order valence-corrected chi connectivity index (χ0v) is 12.9. The van der Waals surface area contributed by atoms with Crippen LogP contribution in [-0.4, -0.2) is 10.2 Å². The summed E-state index contributed by atoms with van der Waals surface area (Å²) in [4.78, 5) is 0. The molecule has 3 heteroatoms. The van der Waals surface area contributed by atoms with E-state index in [1.807, 2.05) is 0 Å². The van der Waals surface area contributed by atoms with Crippen LogP contribution in [0, 0.1) is 12.8 Å². The molecule has 1 aliphatic rings. The highest BCUT2D eigenvalue weighted by Gasteiger charge is 2.17. The summed E-state index contributed by atoms with van der Waals surface area (Å²) in [5.41, 5.74) is 10.8. The molecule has 2 aromatic rings. The second-order valence-corrected chi connectivity index (χ2v) is 6.37. The van der Waals surface area contributed by atoms with Crippen molar-refractivity contribution in [3.05, 3.63) is 35.5 Å². The molecule has 0 bridgehead atoms. The molecule has 1 heterocycles. The Bertz CT molecular complexity index is 577. The molecule has 0 atom stereocenters. The van der Waals surface area contributed by atoms with Gasteiger partial charge in [0.25, 0.3) is 0 Å². The molecule has 0 amide bonds. The van der Waals surface area contributed by atoms with Crippen molar-refractivity contribution in [2.75, 3.05) is 5.73 Å². The third kappa shape index (κ3) is 3.29. The van der Waals surface area contributed by atoms with E-state index in [4.69, 9.17) is 5.73 Å². The Labute approximate surface area is 127 Å². The topological polar surface area (TPSA) is 54.7 Å². The number of hydrogen-bond acceptors (Lipinski definition) is 2. The smallest absolute Gasteiger partial charge is 0.153 e. The lowest BCUT2D eigenvalue weighted by Crippen LogP contribution is -2.07.